The molecule has 3 amide bonds. The zero-order valence-corrected chi connectivity index (χ0v) is 13.4. The van der Waals surface area contributed by atoms with Gasteiger partial charge in [-0.3, -0.25) is 10.0 Å². The van der Waals surface area contributed by atoms with Gasteiger partial charge in [-0.25, -0.2) is 10.3 Å². The molecule has 1 aromatic carbocycles. The maximum atomic E-state index is 11.7. The van der Waals surface area contributed by atoms with Gasteiger partial charge in [0.15, 0.2) is 0 Å². The number of rotatable bonds is 7. The molecule has 0 spiro atoms. The summed E-state index contributed by atoms with van der Waals surface area (Å²) in [6, 6.07) is 13.2. The van der Waals surface area contributed by atoms with Crippen LogP contribution in [0.15, 0.2) is 42.5 Å². The topological polar surface area (TPSA) is 90.5 Å². The van der Waals surface area contributed by atoms with Crippen LogP contribution in [0.2, 0.25) is 0 Å². The van der Waals surface area contributed by atoms with E-state index in [1.54, 1.807) is 11.5 Å². The van der Waals surface area contributed by atoms with Crippen molar-refractivity contribution in [2.24, 2.45) is 0 Å². The summed E-state index contributed by atoms with van der Waals surface area (Å²) in [5, 5.41) is 14.1. The second kappa shape index (κ2) is 8.92. The first-order chi connectivity index (χ1) is 11.2. The molecule has 6 nitrogen and oxygen atoms in total. The van der Waals surface area contributed by atoms with Gasteiger partial charge in [0.2, 0.25) is 0 Å². The molecule has 1 aromatic heterocycles. The van der Waals surface area contributed by atoms with E-state index in [1.165, 1.54) is 16.9 Å². The number of thiophene rings is 1. The van der Waals surface area contributed by atoms with Crippen LogP contribution in [0.5, 0.6) is 0 Å². The Hall–Kier alpha value is -2.38. The number of benzene rings is 1. The fraction of sp³-hybridized carbons (Fsp3) is 0.250. The van der Waals surface area contributed by atoms with Gasteiger partial charge in [-0.1, -0.05) is 30.3 Å². The van der Waals surface area contributed by atoms with Gasteiger partial charge in [0.1, 0.15) is 0 Å². The molecule has 7 heteroatoms. The van der Waals surface area contributed by atoms with E-state index in [0.717, 1.165) is 11.3 Å². The highest BCUT2D eigenvalue weighted by molar-refractivity contribution is 7.14. The lowest BCUT2D eigenvalue weighted by molar-refractivity contribution is 0.0711. The minimum Gasteiger partial charge on any atom is -0.338 e. The van der Waals surface area contributed by atoms with Crippen molar-refractivity contribution in [1.29, 1.82) is 0 Å². The first kappa shape index (κ1) is 17.0. The van der Waals surface area contributed by atoms with E-state index in [4.69, 9.17) is 5.21 Å². The number of nitrogens with one attached hydrogen (secondary N) is 3. The van der Waals surface area contributed by atoms with E-state index >= 15 is 0 Å². The quantitative estimate of drug-likeness (QED) is 0.461. The highest BCUT2D eigenvalue weighted by Gasteiger charge is 2.08. The van der Waals surface area contributed by atoms with Gasteiger partial charge >= 0.3 is 6.03 Å². The van der Waals surface area contributed by atoms with E-state index in [-0.39, 0.29) is 6.03 Å². The van der Waals surface area contributed by atoms with E-state index < -0.39 is 5.91 Å². The molecule has 0 unspecified atom stereocenters. The minimum atomic E-state index is -0.520. The van der Waals surface area contributed by atoms with Gasteiger partial charge in [0.25, 0.3) is 5.91 Å². The van der Waals surface area contributed by atoms with Crippen LogP contribution < -0.4 is 16.1 Å². The zero-order chi connectivity index (χ0) is 16.5. The zero-order valence-electron chi connectivity index (χ0n) is 12.5. The number of amides is 3. The predicted octanol–water partition coefficient (Wildman–Crippen LogP) is 1.95. The van der Waals surface area contributed by atoms with Crippen LogP contribution in [0, 0.1) is 0 Å². The second-order valence-electron chi connectivity index (χ2n) is 4.88. The summed E-state index contributed by atoms with van der Waals surface area (Å²) in [5.41, 5.74) is 2.78. The summed E-state index contributed by atoms with van der Waals surface area (Å²) >= 11 is 1.29. The highest BCUT2D eigenvalue weighted by Crippen LogP contribution is 2.16. The summed E-state index contributed by atoms with van der Waals surface area (Å²) in [7, 11) is 0. The maximum absolute atomic E-state index is 11.7. The third-order valence-corrected chi connectivity index (χ3v) is 4.33. The third kappa shape index (κ3) is 5.72. The van der Waals surface area contributed by atoms with Gasteiger partial charge in [0, 0.05) is 18.0 Å². The minimum absolute atomic E-state index is 0.203. The maximum Gasteiger partial charge on any atom is 0.314 e. The molecule has 23 heavy (non-hydrogen) atoms. The Morgan fingerprint density at radius 3 is 2.35 bits per heavy atom. The smallest absolute Gasteiger partial charge is 0.314 e. The van der Waals surface area contributed by atoms with Crippen LogP contribution in [-0.2, 0) is 12.8 Å². The Labute approximate surface area is 138 Å². The molecule has 2 rings (SSSR count). The lowest BCUT2D eigenvalue weighted by atomic mass is 10.1. The van der Waals surface area contributed by atoms with Crippen molar-refractivity contribution in [3.63, 3.8) is 0 Å². The van der Waals surface area contributed by atoms with Crippen LogP contribution in [0.3, 0.4) is 0 Å². The van der Waals surface area contributed by atoms with Crippen molar-refractivity contribution in [3.05, 3.63) is 57.8 Å². The van der Waals surface area contributed by atoms with Crippen molar-refractivity contribution >= 4 is 23.3 Å². The third-order valence-electron chi connectivity index (χ3n) is 3.19. The van der Waals surface area contributed by atoms with E-state index in [2.05, 4.69) is 10.6 Å². The first-order valence-electron chi connectivity index (χ1n) is 7.28. The molecule has 0 aliphatic heterocycles. The summed E-state index contributed by atoms with van der Waals surface area (Å²) < 4.78 is 0. The number of urea groups is 1. The molecule has 0 saturated heterocycles. The van der Waals surface area contributed by atoms with Crippen molar-refractivity contribution < 1.29 is 14.8 Å². The molecule has 2 aromatic rings. The molecular weight excluding hydrogens is 314 g/mol. The Kier molecular flexibility index (Phi) is 6.58. The SMILES string of the molecule is O=C(NCCc1ccccc1)NCCc1ccc(C(=O)NO)s1. The van der Waals surface area contributed by atoms with E-state index in [1.807, 2.05) is 36.4 Å². The van der Waals surface area contributed by atoms with Crippen LogP contribution >= 0.6 is 11.3 Å². The number of carbonyl (C=O) groups is 2. The van der Waals surface area contributed by atoms with Crippen molar-refractivity contribution in [3.8, 4) is 0 Å². The van der Waals surface area contributed by atoms with Crippen LogP contribution in [0.25, 0.3) is 0 Å². The van der Waals surface area contributed by atoms with Gasteiger partial charge in [-0.15, -0.1) is 11.3 Å². The van der Waals surface area contributed by atoms with Gasteiger partial charge in [0.05, 0.1) is 4.88 Å². The monoisotopic (exact) mass is 333 g/mol. The van der Waals surface area contributed by atoms with Gasteiger partial charge in [-0.05, 0) is 30.5 Å². The molecule has 1 heterocycles. The average molecular weight is 333 g/mol. The van der Waals surface area contributed by atoms with Crippen LogP contribution in [-0.4, -0.2) is 30.2 Å². The summed E-state index contributed by atoms with van der Waals surface area (Å²) in [5.74, 6) is -0.520. The molecule has 122 valence electrons. The average Bonchev–Trinajstić information content (AvgIpc) is 3.04. The Morgan fingerprint density at radius 2 is 1.65 bits per heavy atom. The largest absolute Gasteiger partial charge is 0.338 e. The second-order valence-corrected chi connectivity index (χ2v) is 6.04. The molecule has 0 atom stereocenters. The number of hydroxylamine groups is 1. The lowest BCUT2D eigenvalue weighted by Crippen LogP contribution is -2.37. The molecule has 4 N–H and O–H groups in total. The molecule has 0 fully saturated rings. The van der Waals surface area contributed by atoms with Gasteiger partial charge in [-0.2, -0.15) is 0 Å². The molecule has 0 bridgehead atoms. The predicted molar refractivity (Wildman–Crippen MR) is 88.8 cm³/mol. The van der Waals surface area contributed by atoms with E-state index in [9.17, 15) is 9.59 Å². The Balaban J connectivity index is 1.63. The van der Waals surface area contributed by atoms with Gasteiger partial charge < -0.3 is 10.6 Å². The number of carbonyl (C=O) groups excluding carboxylic acids is 2. The standard InChI is InChI=1S/C16H19N3O3S/c20-15(19-22)14-7-6-13(23-14)9-11-18-16(21)17-10-8-12-4-2-1-3-5-12/h1-7,22H,8-11H2,(H,19,20)(H2,17,18,21). The van der Waals surface area contributed by atoms with Crippen LogP contribution in [0.4, 0.5) is 4.79 Å². The highest BCUT2D eigenvalue weighted by atomic mass is 32.1. The molecule has 0 aliphatic rings. The first-order valence-corrected chi connectivity index (χ1v) is 8.09. The van der Waals surface area contributed by atoms with Crippen molar-refractivity contribution in [1.82, 2.24) is 16.1 Å². The number of hydrogen-bond acceptors (Lipinski definition) is 4. The molecular formula is C16H19N3O3S. The Bertz CT molecular complexity index is 643. The normalized spacial score (nSPS) is 10.1. The molecule has 0 saturated carbocycles. The summed E-state index contributed by atoms with van der Waals surface area (Å²) in [6.45, 7) is 1.06. The summed E-state index contributed by atoms with van der Waals surface area (Å²) in [4.78, 5) is 24.3. The molecule has 0 aliphatic carbocycles. The molecule has 0 radical (unpaired) electrons. The van der Waals surface area contributed by atoms with Crippen molar-refractivity contribution in [2.75, 3.05) is 13.1 Å². The number of hydrogen-bond donors (Lipinski definition) is 4. The Morgan fingerprint density at radius 1 is 0.957 bits per heavy atom. The fourth-order valence-electron chi connectivity index (χ4n) is 2.02. The van der Waals surface area contributed by atoms with Crippen molar-refractivity contribution in [2.45, 2.75) is 12.8 Å². The van der Waals surface area contributed by atoms with E-state index in [0.29, 0.717) is 24.4 Å². The lowest BCUT2D eigenvalue weighted by Gasteiger charge is -2.07. The van der Waals surface area contributed by atoms with Crippen LogP contribution in [0.1, 0.15) is 20.1 Å². The summed E-state index contributed by atoms with van der Waals surface area (Å²) in [6.07, 6.45) is 1.42. The fourth-order valence-corrected chi connectivity index (χ4v) is 2.91.